The van der Waals surface area contributed by atoms with Crippen LogP contribution in [0.3, 0.4) is 0 Å². The van der Waals surface area contributed by atoms with Crippen molar-refractivity contribution < 1.29 is 9.53 Å². The second-order valence-electron chi connectivity index (χ2n) is 6.59. The van der Waals surface area contributed by atoms with Crippen LogP contribution in [-0.2, 0) is 16.1 Å². The van der Waals surface area contributed by atoms with Crippen LogP contribution < -0.4 is 0 Å². The van der Waals surface area contributed by atoms with Crippen LogP contribution in [0.4, 0.5) is 0 Å². The lowest BCUT2D eigenvalue weighted by Crippen LogP contribution is -2.05. The van der Waals surface area contributed by atoms with Gasteiger partial charge in [0.25, 0.3) is 0 Å². The van der Waals surface area contributed by atoms with Crippen molar-refractivity contribution in [3.8, 4) is 11.1 Å². The summed E-state index contributed by atoms with van der Waals surface area (Å²) in [7, 11) is 0. The lowest BCUT2D eigenvalue weighted by Gasteiger charge is -2.16. The van der Waals surface area contributed by atoms with Gasteiger partial charge in [-0.25, -0.2) is 19.4 Å². The van der Waals surface area contributed by atoms with Crippen molar-refractivity contribution in [1.29, 1.82) is 0 Å². The van der Waals surface area contributed by atoms with E-state index in [4.69, 9.17) is 21.3 Å². The fraction of sp³-hybridized carbons (Fsp3) is 0.333. The number of fused-ring (bicyclic) bond motifs is 1. The maximum absolute atomic E-state index is 11.9. The van der Waals surface area contributed by atoms with Gasteiger partial charge in [-0.15, -0.1) is 0 Å². The Hall–Kier alpha value is -2.73. The third-order valence-electron chi connectivity index (χ3n) is 4.39. The standard InChI is InChI=1S/C21H23ClN4O2/c1-5-26-21-16(12-24-26)19(14-9-10-23-17(22)11-14)15(20(25-21)13(3)4)7-8-18(27)28-6-2/h7-13H,5-6H2,1-4H3. The van der Waals surface area contributed by atoms with E-state index in [1.165, 1.54) is 6.08 Å². The second kappa shape index (κ2) is 8.52. The van der Waals surface area contributed by atoms with Crippen molar-refractivity contribution in [1.82, 2.24) is 19.7 Å². The van der Waals surface area contributed by atoms with E-state index in [0.717, 1.165) is 33.4 Å². The lowest BCUT2D eigenvalue weighted by atomic mass is 9.92. The van der Waals surface area contributed by atoms with Crippen molar-refractivity contribution in [2.24, 2.45) is 0 Å². The van der Waals surface area contributed by atoms with E-state index < -0.39 is 0 Å². The quantitative estimate of drug-likeness (QED) is 0.336. The van der Waals surface area contributed by atoms with E-state index in [1.807, 2.05) is 23.7 Å². The van der Waals surface area contributed by atoms with Gasteiger partial charge >= 0.3 is 5.97 Å². The Morgan fingerprint density at radius 3 is 2.79 bits per heavy atom. The summed E-state index contributed by atoms with van der Waals surface area (Å²) in [5, 5.41) is 5.78. The largest absolute Gasteiger partial charge is 0.463 e. The topological polar surface area (TPSA) is 69.9 Å². The first kappa shape index (κ1) is 20.0. The molecule has 146 valence electrons. The summed E-state index contributed by atoms with van der Waals surface area (Å²) in [5.41, 5.74) is 4.37. The van der Waals surface area contributed by atoms with E-state index in [1.54, 1.807) is 25.4 Å². The van der Waals surface area contributed by atoms with Gasteiger partial charge in [-0.05, 0) is 43.5 Å². The van der Waals surface area contributed by atoms with E-state index in [2.05, 4.69) is 23.9 Å². The number of pyridine rings is 2. The van der Waals surface area contributed by atoms with Crippen LogP contribution in [0.25, 0.3) is 28.2 Å². The molecule has 3 aromatic rings. The van der Waals surface area contributed by atoms with Crippen molar-refractivity contribution in [2.45, 2.75) is 40.2 Å². The summed E-state index contributed by atoms with van der Waals surface area (Å²) in [5.74, 6) is -0.247. The van der Waals surface area contributed by atoms with Gasteiger partial charge in [0.2, 0.25) is 0 Å². The summed E-state index contributed by atoms with van der Waals surface area (Å²) in [6.45, 7) is 9.00. The fourth-order valence-electron chi connectivity index (χ4n) is 3.17. The first-order chi connectivity index (χ1) is 13.5. The minimum Gasteiger partial charge on any atom is -0.463 e. The van der Waals surface area contributed by atoms with Gasteiger partial charge in [-0.1, -0.05) is 25.4 Å². The highest BCUT2D eigenvalue weighted by Crippen LogP contribution is 2.37. The first-order valence-electron chi connectivity index (χ1n) is 9.32. The van der Waals surface area contributed by atoms with Crippen molar-refractivity contribution in [3.05, 3.63) is 47.0 Å². The molecule has 3 aromatic heterocycles. The maximum Gasteiger partial charge on any atom is 0.330 e. The van der Waals surface area contributed by atoms with Crippen LogP contribution in [-0.4, -0.2) is 32.3 Å². The van der Waals surface area contributed by atoms with Gasteiger partial charge in [-0.3, -0.25) is 0 Å². The van der Waals surface area contributed by atoms with E-state index in [9.17, 15) is 4.79 Å². The van der Waals surface area contributed by atoms with Gasteiger partial charge in [0.15, 0.2) is 5.65 Å². The molecule has 7 heteroatoms. The number of aryl methyl sites for hydroxylation is 1. The number of hydrogen-bond donors (Lipinski definition) is 0. The normalized spacial score (nSPS) is 11.6. The molecule has 0 saturated heterocycles. The number of halogens is 1. The molecular formula is C21H23ClN4O2. The molecule has 0 saturated carbocycles. The van der Waals surface area contributed by atoms with Gasteiger partial charge in [0.1, 0.15) is 5.15 Å². The van der Waals surface area contributed by atoms with Crippen LogP contribution in [0.5, 0.6) is 0 Å². The molecule has 3 rings (SSSR count). The monoisotopic (exact) mass is 398 g/mol. The average molecular weight is 399 g/mol. The molecule has 0 amide bonds. The minimum atomic E-state index is -0.389. The number of carbonyl (C=O) groups excluding carboxylic acids is 1. The molecule has 0 aliphatic carbocycles. The Morgan fingerprint density at radius 1 is 1.36 bits per heavy atom. The van der Waals surface area contributed by atoms with E-state index in [0.29, 0.717) is 18.3 Å². The number of carbonyl (C=O) groups is 1. The van der Waals surface area contributed by atoms with Gasteiger partial charge in [-0.2, -0.15) is 5.10 Å². The molecule has 0 unspecified atom stereocenters. The highest BCUT2D eigenvalue weighted by Gasteiger charge is 2.20. The zero-order chi connectivity index (χ0) is 20.3. The molecule has 28 heavy (non-hydrogen) atoms. The maximum atomic E-state index is 11.9. The Bertz CT molecular complexity index is 1040. The summed E-state index contributed by atoms with van der Waals surface area (Å²) in [6.07, 6.45) is 6.69. The Morgan fingerprint density at radius 2 is 2.14 bits per heavy atom. The number of ether oxygens (including phenoxy) is 1. The summed E-state index contributed by atoms with van der Waals surface area (Å²) < 4.78 is 6.91. The number of rotatable bonds is 6. The molecule has 0 fully saturated rings. The highest BCUT2D eigenvalue weighted by molar-refractivity contribution is 6.29. The minimum absolute atomic E-state index is 0.141. The van der Waals surface area contributed by atoms with Crippen LogP contribution in [0, 0.1) is 0 Å². The molecule has 0 aliphatic rings. The molecule has 6 nitrogen and oxygen atoms in total. The zero-order valence-electron chi connectivity index (χ0n) is 16.4. The predicted octanol–water partition coefficient (Wildman–Crippen LogP) is 4.87. The number of aromatic nitrogens is 4. The van der Waals surface area contributed by atoms with Crippen molar-refractivity contribution in [3.63, 3.8) is 0 Å². The molecule has 0 radical (unpaired) electrons. The van der Waals surface area contributed by atoms with E-state index in [-0.39, 0.29) is 11.9 Å². The van der Waals surface area contributed by atoms with Crippen LogP contribution in [0.2, 0.25) is 5.15 Å². The highest BCUT2D eigenvalue weighted by atomic mass is 35.5. The second-order valence-corrected chi connectivity index (χ2v) is 6.98. The molecule has 0 bridgehead atoms. The summed E-state index contributed by atoms with van der Waals surface area (Å²) >= 11 is 6.16. The first-order valence-corrected chi connectivity index (χ1v) is 9.70. The van der Waals surface area contributed by atoms with Crippen LogP contribution >= 0.6 is 11.6 Å². The Balaban J connectivity index is 2.35. The van der Waals surface area contributed by atoms with Crippen molar-refractivity contribution in [2.75, 3.05) is 6.61 Å². The molecule has 0 aliphatic heterocycles. The predicted molar refractivity (Wildman–Crippen MR) is 111 cm³/mol. The summed E-state index contributed by atoms with van der Waals surface area (Å²) in [4.78, 5) is 20.9. The van der Waals surface area contributed by atoms with Gasteiger partial charge < -0.3 is 4.74 Å². The van der Waals surface area contributed by atoms with Gasteiger partial charge in [0.05, 0.1) is 18.5 Å². The molecule has 0 aromatic carbocycles. The molecule has 0 atom stereocenters. The fourth-order valence-corrected chi connectivity index (χ4v) is 3.35. The third kappa shape index (κ3) is 3.92. The summed E-state index contributed by atoms with van der Waals surface area (Å²) in [6, 6.07) is 3.71. The smallest absolute Gasteiger partial charge is 0.330 e. The number of hydrogen-bond acceptors (Lipinski definition) is 5. The molecule has 0 N–H and O–H groups in total. The number of nitrogens with zero attached hydrogens (tertiary/aromatic N) is 4. The van der Waals surface area contributed by atoms with Crippen LogP contribution in [0.1, 0.15) is 44.9 Å². The third-order valence-corrected chi connectivity index (χ3v) is 4.59. The Labute approximate surface area is 169 Å². The molecule has 3 heterocycles. The van der Waals surface area contributed by atoms with E-state index >= 15 is 0 Å². The molecule has 0 spiro atoms. The lowest BCUT2D eigenvalue weighted by molar-refractivity contribution is -0.137. The Kier molecular flexibility index (Phi) is 6.09. The SMILES string of the molecule is CCOC(=O)C=Cc1c(C(C)C)nc2c(cnn2CC)c1-c1ccnc(Cl)c1. The zero-order valence-corrected chi connectivity index (χ0v) is 17.2. The molecular weight excluding hydrogens is 376 g/mol. The van der Waals surface area contributed by atoms with Crippen LogP contribution in [0.15, 0.2) is 30.6 Å². The number of esters is 1. The average Bonchev–Trinajstić information content (AvgIpc) is 3.08. The van der Waals surface area contributed by atoms with Gasteiger partial charge in [0, 0.05) is 35.3 Å². The van der Waals surface area contributed by atoms with Crippen molar-refractivity contribution >= 4 is 34.7 Å².